The molecule has 0 saturated heterocycles. The number of aromatic amines is 1. The van der Waals surface area contributed by atoms with E-state index < -0.39 is 0 Å². The fraction of sp³-hybridized carbons (Fsp3) is 0.333. The number of nitrogens with zero attached hydrogens (tertiary/aromatic N) is 1. The Balaban J connectivity index is 1.61. The number of hydrogen-bond donors (Lipinski definition) is 2. The molecule has 0 aliphatic carbocycles. The number of aromatic nitrogens is 2. The SMILES string of the molecule is O=C(CCc1cccs1)NCCc1cnc[nH]1. The molecule has 2 rings (SSSR count). The summed E-state index contributed by atoms with van der Waals surface area (Å²) >= 11 is 1.69. The van der Waals surface area contributed by atoms with Gasteiger partial charge in [-0.1, -0.05) is 6.07 Å². The first-order chi connectivity index (χ1) is 8.34. The van der Waals surface area contributed by atoms with E-state index >= 15 is 0 Å². The summed E-state index contributed by atoms with van der Waals surface area (Å²) in [5.41, 5.74) is 1.04. The molecule has 0 atom stereocenters. The maximum Gasteiger partial charge on any atom is 0.220 e. The van der Waals surface area contributed by atoms with Crippen LogP contribution in [0.1, 0.15) is 17.0 Å². The molecule has 0 aliphatic rings. The van der Waals surface area contributed by atoms with E-state index in [0.29, 0.717) is 13.0 Å². The monoisotopic (exact) mass is 249 g/mol. The molecular formula is C12H15N3OS. The maximum atomic E-state index is 11.5. The summed E-state index contributed by atoms with van der Waals surface area (Å²) in [6.07, 6.45) is 5.60. The molecule has 0 aliphatic heterocycles. The van der Waals surface area contributed by atoms with Crippen LogP contribution in [0.3, 0.4) is 0 Å². The van der Waals surface area contributed by atoms with Crippen molar-refractivity contribution in [1.82, 2.24) is 15.3 Å². The van der Waals surface area contributed by atoms with E-state index in [1.54, 1.807) is 23.9 Å². The van der Waals surface area contributed by atoms with Gasteiger partial charge in [0.1, 0.15) is 0 Å². The molecule has 0 spiro atoms. The minimum atomic E-state index is 0.109. The molecule has 1 amide bonds. The molecule has 0 unspecified atom stereocenters. The number of carbonyl (C=O) groups excluding carboxylic acids is 1. The molecule has 0 fully saturated rings. The largest absolute Gasteiger partial charge is 0.356 e. The van der Waals surface area contributed by atoms with Crippen molar-refractivity contribution in [3.63, 3.8) is 0 Å². The van der Waals surface area contributed by atoms with Crippen molar-refractivity contribution in [2.45, 2.75) is 19.3 Å². The number of H-pyrrole nitrogens is 1. The minimum absolute atomic E-state index is 0.109. The Labute approximate surface area is 104 Å². The van der Waals surface area contributed by atoms with Crippen LogP contribution in [-0.2, 0) is 17.6 Å². The van der Waals surface area contributed by atoms with Crippen LogP contribution in [0.4, 0.5) is 0 Å². The lowest BCUT2D eigenvalue weighted by atomic mass is 10.2. The van der Waals surface area contributed by atoms with Gasteiger partial charge in [0.05, 0.1) is 6.33 Å². The third-order valence-electron chi connectivity index (χ3n) is 2.45. The molecule has 2 aromatic rings. The van der Waals surface area contributed by atoms with Crippen molar-refractivity contribution in [3.05, 3.63) is 40.6 Å². The first-order valence-corrected chi connectivity index (χ1v) is 6.49. The van der Waals surface area contributed by atoms with Crippen molar-refractivity contribution >= 4 is 17.2 Å². The normalized spacial score (nSPS) is 10.4. The van der Waals surface area contributed by atoms with E-state index in [1.165, 1.54) is 4.88 Å². The molecule has 0 radical (unpaired) electrons. The quantitative estimate of drug-likeness (QED) is 0.819. The van der Waals surface area contributed by atoms with Crippen LogP contribution < -0.4 is 5.32 Å². The van der Waals surface area contributed by atoms with E-state index in [1.807, 2.05) is 11.4 Å². The molecule has 4 nitrogen and oxygen atoms in total. The number of nitrogens with one attached hydrogen (secondary N) is 2. The summed E-state index contributed by atoms with van der Waals surface area (Å²) in [6.45, 7) is 0.658. The van der Waals surface area contributed by atoms with E-state index in [-0.39, 0.29) is 5.91 Å². The summed E-state index contributed by atoms with van der Waals surface area (Å²) in [7, 11) is 0. The fourth-order valence-corrected chi connectivity index (χ4v) is 2.25. The number of rotatable bonds is 6. The third kappa shape index (κ3) is 4.03. The van der Waals surface area contributed by atoms with E-state index in [2.05, 4.69) is 21.4 Å². The van der Waals surface area contributed by atoms with Gasteiger partial charge in [-0.15, -0.1) is 11.3 Å². The minimum Gasteiger partial charge on any atom is -0.356 e. The van der Waals surface area contributed by atoms with Crippen LogP contribution in [-0.4, -0.2) is 22.4 Å². The van der Waals surface area contributed by atoms with Gasteiger partial charge in [-0.3, -0.25) is 4.79 Å². The molecule has 2 aromatic heterocycles. The first-order valence-electron chi connectivity index (χ1n) is 5.61. The van der Waals surface area contributed by atoms with Crippen LogP contribution in [0.15, 0.2) is 30.0 Å². The van der Waals surface area contributed by atoms with E-state index in [0.717, 1.165) is 18.5 Å². The lowest BCUT2D eigenvalue weighted by Crippen LogP contribution is -2.25. The Bertz CT molecular complexity index is 436. The van der Waals surface area contributed by atoms with Crippen LogP contribution in [0.2, 0.25) is 0 Å². The van der Waals surface area contributed by atoms with Gasteiger partial charge in [0.2, 0.25) is 5.91 Å². The van der Waals surface area contributed by atoms with Crippen molar-refractivity contribution in [2.24, 2.45) is 0 Å². The van der Waals surface area contributed by atoms with Gasteiger partial charge < -0.3 is 10.3 Å². The molecule has 17 heavy (non-hydrogen) atoms. The Hall–Kier alpha value is -1.62. The highest BCUT2D eigenvalue weighted by atomic mass is 32.1. The molecule has 2 N–H and O–H groups in total. The number of imidazole rings is 1. The van der Waals surface area contributed by atoms with Gasteiger partial charge in [-0.2, -0.15) is 0 Å². The molecule has 2 heterocycles. The molecule has 90 valence electrons. The number of hydrogen-bond acceptors (Lipinski definition) is 3. The van der Waals surface area contributed by atoms with Gasteiger partial charge >= 0.3 is 0 Å². The summed E-state index contributed by atoms with van der Waals surface area (Å²) < 4.78 is 0. The van der Waals surface area contributed by atoms with Gasteiger partial charge in [-0.05, 0) is 17.9 Å². The second-order valence-electron chi connectivity index (χ2n) is 3.76. The van der Waals surface area contributed by atoms with Gasteiger partial charge in [0, 0.05) is 36.2 Å². The summed E-state index contributed by atoms with van der Waals surface area (Å²) in [5.74, 6) is 0.109. The summed E-state index contributed by atoms with van der Waals surface area (Å²) in [4.78, 5) is 19.7. The van der Waals surface area contributed by atoms with E-state index in [9.17, 15) is 4.79 Å². The highest BCUT2D eigenvalue weighted by Crippen LogP contribution is 2.10. The van der Waals surface area contributed by atoms with Crippen LogP contribution >= 0.6 is 11.3 Å². The zero-order chi connectivity index (χ0) is 11.9. The number of aryl methyl sites for hydroxylation is 1. The van der Waals surface area contributed by atoms with Crippen molar-refractivity contribution in [2.75, 3.05) is 6.54 Å². The van der Waals surface area contributed by atoms with Crippen LogP contribution in [0.5, 0.6) is 0 Å². The van der Waals surface area contributed by atoms with Gasteiger partial charge in [0.15, 0.2) is 0 Å². The Kier molecular flexibility index (Phi) is 4.32. The molecule has 5 heteroatoms. The molecular weight excluding hydrogens is 234 g/mol. The third-order valence-corrected chi connectivity index (χ3v) is 3.39. The standard InChI is InChI=1S/C12H15N3OS/c16-12(4-3-11-2-1-7-17-11)14-6-5-10-8-13-9-15-10/h1-2,7-9H,3-6H2,(H,13,15)(H,14,16). The first kappa shape index (κ1) is 11.9. The number of amides is 1. The second kappa shape index (κ2) is 6.20. The highest BCUT2D eigenvalue weighted by molar-refractivity contribution is 7.09. The molecule has 0 saturated carbocycles. The Morgan fingerprint density at radius 3 is 3.12 bits per heavy atom. The molecule has 0 aromatic carbocycles. The van der Waals surface area contributed by atoms with Crippen molar-refractivity contribution in [3.8, 4) is 0 Å². The zero-order valence-electron chi connectivity index (χ0n) is 9.48. The molecule has 0 bridgehead atoms. The fourth-order valence-electron chi connectivity index (χ4n) is 1.54. The van der Waals surface area contributed by atoms with Crippen LogP contribution in [0.25, 0.3) is 0 Å². The topological polar surface area (TPSA) is 57.8 Å². The average molecular weight is 249 g/mol. The summed E-state index contributed by atoms with van der Waals surface area (Å²) in [5, 5.41) is 4.93. The maximum absolute atomic E-state index is 11.5. The van der Waals surface area contributed by atoms with Crippen molar-refractivity contribution < 1.29 is 4.79 Å². The Morgan fingerprint density at radius 2 is 2.41 bits per heavy atom. The highest BCUT2D eigenvalue weighted by Gasteiger charge is 2.02. The van der Waals surface area contributed by atoms with Gasteiger partial charge in [-0.25, -0.2) is 4.98 Å². The van der Waals surface area contributed by atoms with E-state index in [4.69, 9.17) is 0 Å². The average Bonchev–Trinajstić information content (AvgIpc) is 2.99. The lowest BCUT2D eigenvalue weighted by molar-refractivity contribution is -0.121. The zero-order valence-corrected chi connectivity index (χ0v) is 10.3. The predicted molar refractivity (Wildman–Crippen MR) is 67.9 cm³/mol. The van der Waals surface area contributed by atoms with Crippen LogP contribution in [0, 0.1) is 0 Å². The second-order valence-corrected chi connectivity index (χ2v) is 4.79. The number of thiophene rings is 1. The number of carbonyl (C=O) groups is 1. The summed E-state index contributed by atoms with van der Waals surface area (Å²) in [6, 6.07) is 4.07. The smallest absolute Gasteiger partial charge is 0.220 e. The van der Waals surface area contributed by atoms with Crippen molar-refractivity contribution in [1.29, 1.82) is 0 Å². The Morgan fingerprint density at radius 1 is 1.47 bits per heavy atom. The lowest BCUT2D eigenvalue weighted by Gasteiger charge is -2.03. The predicted octanol–water partition coefficient (Wildman–Crippen LogP) is 1.76. The van der Waals surface area contributed by atoms with Gasteiger partial charge in [0.25, 0.3) is 0 Å².